The van der Waals surface area contributed by atoms with Gasteiger partial charge in [0.1, 0.15) is 22.7 Å². The maximum atomic E-state index is 12.1. The molecule has 0 unspecified atom stereocenters. The number of carbonyl (C=O) groups excluding carboxylic acids is 1. The molecule has 7 nitrogen and oxygen atoms in total. The number of benzene rings is 2. The van der Waals surface area contributed by atoms with Gasteiger partial charge in [-0.15, -0.1) is 0 Å². The van der Waals surface area contributed by atoms with Gasteiger partial charge >= 0.3 is 5.97 Å². The fourth-order valence-electron chi connectivity index (χ4n) is 4.92. The van der Waals surface area contributed by atoms with Crippen molar-refractivity contribution in [3.05, 3.63) is 58.8 Å². The van der Waals surface area contributed by atoms with E-state index in [1.807, 2.05) is 24.3 Å². The number of carbonyl (C=O) groups is 1. The van der Waals surface area contributed by atoms with Gasteiger partial charge in [-0.05, 0) is 62.8 Å². The number of rotatable bonds is 6. The van der Waals surface area contributed by atoms with Crippen molar-refractivity contribution in [1.29, 1.82) is 0 Å². The van der Waals surface area contributed by atoms with Gasteiger partial charge in [-0.3, -0.25) is 4.90 Å². The molecule has 0 spiro atoms. The zero-order valence-electron chi connectivity index (χ0n) is 21.1. The molecule has 36 heavy (non-hydrogen) atoms. The average Bonchev–Trinajstić information content (AvgIpc) is 3.30. The van der Waals surface area contributed by atoms with Crippen LogP contribution in [0.5, 0.6) is 11.5 Å². The van der Waals surface area contributed by atoms with Gasteiger partial charge in [-0.1, -0.05) is 11.6 Å². The zero-order chi connectivity index (χ0) is 25.4. The van der Waals surface area contributed by atoms with Crippen LogP contribution in [0.15, 0.2) is 46.9 Å². The van der Waals surface area contributed by atoms with E-state index in [0.29, 0.717) is 17.2 Å². The third-order valence-electron chi connectivity index (χ3n) is 6.63. The highest BCUT2D eigenvalue weighted by Crippen LogP contribution is 2.39. The lowest BCUT2D eigenvalue weighted by molar-refractivity contribution is 0.0492. The van der Waals surface area contributed by atoms with Crippen LogP contribution in [-0.2, 0) is 4.74 Å². The molecular weight excluding hydrogens is 480 g/mol. The molecule has 0 N–H and O–H groups in total. The average molecular weight is 511 g/mol. The van der Waals surface area contributed by atoms with Crippen LogP contribution < -0.4 is 14.4 Å². The van der Waals surface area contributed by atoms with Gasteiger partial charge in [0.2, 0.25) is 5.76 Å². The summed E-state index contributed by atoms with van der Waals surface area (Å²) in [6, 6.07) is 11.5. The van der Waals surface area contributed by atoms with Crippen LogP contribution >= 0.6 is 11.6 Å². The van der Waals surface area contributed by atoms with Gasteiger partial charge in [-0.2, -0.15) is 0 Å². The smallest absolute Gasteiger partial charge is 0.374 e. The summed E-state index contributed by atoms with van der Waals surface area (Å²) in [4.78, 5) is 16.8. The summed E-state index contributed by atoms with van der Waals surface area (Å²) >= 11 is 6.78. The minimum absolute atomic E-state index is 0.167. The van der Waals surface area contributed by atoms with Crippen LogP contribution in [0.25, 0.3) is 16.5 Å². The molecule has 0 bridgehead atoms. The predicted molar refractivity (Wildman–Crippen MR) is 142 cm³/mol. The topological polar surface area (TPSA) is 64.4 Å². The van der Waals surface area contributed by atoms with Crippen molar-refractivity contribution in [2.75, 3.05) is 51.3 Å². The molecule has 8 heteroatoms. The maximum absolute atomic E-state index is 12.1. The molecule has 0 radical (unpaired) electrons. The number of esters is 1. The van der Waals surface area contributed by atoms with Crippen LogP contribution in [0.1, 0.15) is 36.9 Å². The predicted octanol–water partition coefficient (Wildman–Crippen LogP) is 5.65. The standard InChI is InChI=1S/C28H31ClN2O5/c1-5-34-27(32)25-15-21-23(35-25)9-7-22(26(21)29)31-12-10-30(11-13-31)17-18-16-28(2,3)36-24-8-6-19(33-4)14-20(18)24/h6-9,14-16H,5,10-13,17H2,1-4H3. The number of nitrogens with zero attached hydrogens (tertiary/aromatic N) is 2. The third kappa shape index (κ3) is 4.77. The largest absolute Gasteiger partial charge is 0.497 e. The summed E-state index contributed by atoms with van der Waals surface area (Å²) in [5.41, 5.74) is 3.49. The minimum atomic E-state index is -0.482. The van der Waals surface area contributed by atoms with Gasteiger partial charge in [0.15, 0.2) is 0 Å². The molecule has 0 atom stereocenters. The summed E-state index contributed by atoms with van der Waals surface area (Å²) in [5, 5.41) is 1.31. The Hall–Kier alpha value is -3.16. The van der Waals surface area contributed by atoms with Crippen molar-refractivity contribution in [3.63, 3.8) is 0 Å². The molecule has 5 rings (SSSR count). The van der Waals surface area contributed by atoms with Gasteiger partial charge in [0.05, 0.1) is 24.4 Å². The van der Waals surface area contributed by atoms with Crippen molar-refractivity contribution >= 4 is 39.8 Å². The van der Waals surface area contributed by atoms with Crippen molar-refractivity contribution < 1.29 is 23.4 Å². The normalized spacial score (nSPS) is 17.4. The maximum Gasteiger partial charge on any atom is 0.374 e. The van der Waals surface area contributed by atoms with E-state index in [4.69, 9.17) is 30.2 Å². The number of fused-ring (bicyclic) bond motifs is 2. The Morgan fingerprint density at radius 1 is 1.11 bits per heavy atom. The van der Waals surface area contributed by atoms with Gasteiger partial charge in [0, 0.05) is 49.7 Å². The second-order valence-corrected chi connectivity index (χ2v) is 10.0. The molecular formula is C28H31ClN2O5. The SMILES string of the molecule is CCOC(=O)c1cc2c(Cl)c(N3CCN(CC4=CC(C)(C)Oc5ccc(OC)cc54)CC3)ccc2o1. The lowest BCUT2D eigenvalue weighted by atomic mass is 9.94. The first-order valence-electron chi connectivity index (χ1n) is 12.2. The lowest BCUT2D eigenvalue weighted by Gasteiger charge is -2.38. The van der Waals surface area contributed by atoms with E-state index in [9.17, 15) is 4.79 Å². The summed E-state index contributed by atoms with van der Waals surface area (Å²) in [6.45, 7) is 10.5. The minimum Gasteiger partial charge on any atom is -0.497 e. The van der Waals surface area contributed by atoms with Crippen molar-refractivity contribution in [1.82, 2.24) is 4.90 Å². The molecule has 1 saturated heterocycles. The van der Waals surface area contributed by atoms with E-state index in [1.165, 1.54) is 5.57 Å². The molecule has 190 valence electrons. The van der Waals surface area contributed by atoms with Crippen LogP contribution in [0.4, 0.5) is 5.69 Å². The van der Waals surface area contributed by atoms with Gasteiger partial charge in [0.25, 0.3) is 0 Å². The van der Waals surface area contributed by atoms with E-state index in [0.717, 1.165) is 60.9 Å². The molecule has 3 heterocycles. The highest BCUT2D eigenvalue weighted by molar-refractivity contribution is 6.38. The molecule has 0 aliphatic carbocycles. The van der Waals surface area contributed by atoms with E-state index in [-0.39, 0.29) is 11.4 Å². The van der Waals surface area contributed by atoms with Crippen molar-refractivity contribution in [2.24, 2.45) is 0 Å². The summed E-state index contributed by atoms with van der Waals surface area (Å²) in [5.74, 6) is 1.40. The third-order valence-corrected chi connectivity index (χ3v) is 7.02. The Morgan fingerprint density at radius 3 is 2.61 bits per heavy atom. The highest BCUT2D eigenvalue weighted by Gasteiger charge is 2.29. The number of anilines is 1. The first-order chi connectivity index (χ1) is 17.3. The molecule has 1 fully saturated rings. The Bertz CT molecular complexity index is 1320. The molecule has 0 saturated carbocycles. The van der Waals surface area contributed by atoms with E-state index in [1.54, 1.807) is 20.1 Å². The highest BCUT2D eigenvalue weighted by atomic mass is 35.5. The van der Waals surface area contributed by atoms with E-state index in [2.05, 4.69) is 35.8 Å². The number of hydrogen-bond acceptors (Lipinski definition) is 7. The van der Waals surface area contributed by atoms with Crippen LogP contribution in [0.3, 0.4) is 0 Å². The Morgan fingerprint density at radius 2 is 1.89 bits per heavy atom. The monoisotopic (exact) mass is 510 g/mol. The number of ether oxygens (including phenoxy) is 3. The lowest BCUT2D eigenvalue weighted by Crippen LogP contribution is -2.47. The number of piperazine rings is 1. The number of methoxy groups -OCH3 is 1. The summed E-state index contributed by atoms with van der Waals surface area (Å²) in [6.07, 6.45) is 2.21. The van der Waals surface area contributed by atoms with Crippen molar-refractivity contribution in [2.45, 2.75) is 26.4 Å². The second-order valence-electron chi connectivity index (χ2n) is 9.64. The molecule has 2 aliphatic heterocycles. The van der Waals surface area contributed by atoms with Gasteiger partial charge < -0.3 is 23.5 Å². The Kier molecular flexibility index (Phi) is 6.62. The first kappa shape index (κ1) is 24.5. The zero-order valence-corrected chi connectivity index (χ0v) is 21.9. The van der Waals surface area contributed by atoms with Crippen LogP contribution in [0.2, 0.25) is 5.02 Å². The fraction of sp³-hybridized carbons (Fsp3) is 0.393. The van der Waals surface area contributed by atoms with Crippen LogP contribution in [-0.4, -0.2) is 62.9 Å². The summed E-state index contributed by atoms with van der Waals surface area (Å²) in [7, 11) is 1.68. The van der Waals surface area contributed by atoms with E-state index >= 15 is 0 Å². The van der Waals surface area contributed by atoms with Crippen LogP contribution in [0, 0.1) is 0 Å². The van der Waals surface area contributed by atoms with E-state index < -0.39 is 5.97 Å². The fourth-order valence-corrected chi connectivity index (χ4v) is 5.25. The van der Waals surface area contributed by atoms with Crippen molar-refractivity contribution in [3.8, 4) is 11.5 Å². The Labute approximate surface area is 216 Å². The molecule has 1 aromatic heterocycles. The number of hydrogen-bond donors (Lipinski definition) is 0. The second kappa shape index (κ2) is 9.71. The molecule has 0 amide bonds. The molecule has 3 aromatic rings. The molecule has 2 aromatic carbocycles. The summed E-state index contributed by atoms with van der Waals surface area (Å²) < 4.78 is 22.3. The number of furan rings is 1. The first-order valence-corrected chi connectivity index (χ1v) is 12.6. The Balaban J connectivity index is 1.30. The van der Waals surface area contributed by atoms with Gasteiger partial charge in [-0.25, -0.2) is 4.79 Å². The number of halogens is 1. The quantitative estimate of drug-likeness (QED) is 0.397. The molecule has 2 aliphatic rings.